The quantitative estimate of drug-likeness (QED) is 0.496. The second-order valence-electron chi connectivity index (χ2n) is 8.85. The van der Waals surface area contributed by atoms with Crippen molar-refractivity contribution < 1.29 is 19.0 Å². The minimum atomic E-state index is -0.642. The van der Waals surface area contributed by atoms with E-state index in [1.165, 1.54) is 11.3 Å². The predicted molar refractivity (Wildman–Crippen MR) is 138 cm³/mol. The molecular weight excluding hydrogens is 478 g/mol. The van der Waals surface area contributed by atoms with Crippen LogP contribution in [0.1, 0.15) is 36.6 Å². The molecule has 186 valence electrons. The van der Waals surface area contributed by atoms with Crippen LogP contribution in [-0.2, 0) is 9.53 Å². The SMILES string of the molecule is CCOC(=O)C1=C(C)N=c2sc(=Cc3cc4c(cc3C)OCO4)c(=O)n2[C@@H]1c1ccc(N(C)C)cc1. The fraction of sp³-hybridized carbons (Fsp3) is 0.296. The number of carbonyl (C=O) groups excluding carboxylic acids is 1. The Kier molecular flexibility index (Phi) is 6.17. The van der Waals surface area contributed by atoms with Crippen LogP contribution in [-0.4, -0.2) is 38.0 Å². The van der Waals surface area contributed by atoms with Gasteiger partial charge < -0.3 is 19.1 Å². The van der Waals surface area contributed by atoms with Gasteiger partial charge in [0, 0.05) is 19.8 Å². The van der Waals surface area contributed by atoms with Crippen LogP contribution in [0.15, 0.2) is 57.5 Å². The van der Waals surface area contributed by atoms with Crippen LogP contribution in [0.5, 0.6) is 11.5 Å². The number of aromatic nitrogens is 1. The molecule has 3 heterocycles. The maximum atomic E-state index is 13.8. The molecule has 2 aliphatic rings. The fourth-order valence-electron chi connectivity index (χ4n) is 4.42. The third-order valence-corrected chi connectivity index (χ3v) is 7.27. The lowest BCUT2D eigenvalue weighted by Gasteiger charge is -2.25. The van der Waals surface area contributed by atoms with E-state index >= 15 is 0 Å². The summed E-state index contributed by atoms with van der Waals surface area (Å²) < 4.78 is 18.5. The number of fused-ring (bicyclic) bond motifs is 2. The lowest BCUT2D eigenvalue weighted by atomic mass is 9.95. The summed E-state index contributed by atoms with van der Waals surface area (Å²) >= 11 is 1.30. The number of allylic oxidation sites excluding steroid dienone is 1. The molecule has 0 amide bonds. The first-order valence-corrected chi connectivity index (χ1v) is 12.5. The molecule has 0 fully saturated rings. The van der Waals surface area contributed by atoms with Crippen molar-refractivity contribution in [3.05, 3.63) is 84.0 Å². The highest BCUT2D eigenvalue weighted by atomic mass is 32.1. The highest BCUT2D eigenvalue weighted by Crippen LogP contribution is 2.35. The molecule has 0 saturated heterocycles. The average Bonchev–Trinajstić information content (AvgIpc) is 3.42. The van der Waals surface area contributed by atoms with Crippen LogP contribution < -0.4 is 29.3 Å². The number of ether oxygens (including phenoxy) is 3. The van der Waals surface area contributed by atoms with E-state index in [9.17, 15) is 9.59 Å². The van der Waals surface area contributed by atoms with Crippen molar-refractivity contribution in [3.8, 4) is 11.5 Å². The monoisotopic (exact) mass is 505 g/mol. The van der Waals surface area contributed by atoms with E-state index in [0.29, 0.717) is 32.1 Å². The maximum Gasteiger partial charge on any atom is 0.338 e. The zero-order chi connectivity index (χ0) is 25.6. The molecule has 0 unspecified atom stereocenters. The Bertz CT molecular complexity index is 1560. The largest absolute Gasteiger partial charge is 0.463 e. The molecule has 36 heavy (non-hydrogen) atoms. The van der Waals surface area contributed by atoms with Crippen LogP contribution in [0, 0.1) is 6.92 Å². The van der Waals surface area contributed by atoms with Crippen molar-refractivity contribution in [3.63, 3.8) is 0 Å². The van der Waals surface area contributed by atoms with Crippen LogP contribution in [0.4, 0.5) is 5.69 Å². The molecule has 9 heteroatoms. The zero-order valence-electron chi connectivity index (χ0n) is 20.8. The standard InChI is InChI=1S/C27H27N3O5S/c1-6-33-26(32)23-16(3)28-27-30(24(23)17-7-9-19(10-8-17)29(4)5)25(31)22(36-27)13-18-12-21-20(11-15(18)2)34-14-35-21/h7-13,24H,6,14H2,1-5H3/t24-/m1/s1. The topological polar surface area (TPSA) is 82.4 Å². The first-order chi connectivity index (χ1) is 17.3. The molecule has 0 N–H and O–H groups in total. The molecule has 0 aliphatic carbocycles. The van der Waals surface area contributed by atoms with Crippen LogP contribution in [0.2, 0.25) is 0 Å². The molecule has 0 spiro atoms. The molecule has 0 bridgehead atoms. The summed E-state index contributed by atoms with van der Waals surface area (Å²) in [5.74, 6) is 0.877. The van der Waals surface area contributed by atoms with Crippen LogP contribution in [0.3, 0.4) is 0 Å². The van der Waals surface area contributed by atoms with Crippen molar-refractivity contribution in [2.24, 2.45) is 4.99 Å². The molecule has 1 atom stereocenters. The number of rotatable bonds is 5. The van der Waals surface area contributed by atoms with Gasteiger partial charge in [0.2, 0.25) is 6.79 Å². The summed E-state index contributed by atoms with van der Waals surface area (Å²) in [5.41, 5.74) is 4.34. The number of carbonyl (C=O) groups is 1. The van der Waals surface area contributed by atoms with Gasteiger partial charge in [0.05, 0.1) is 28.5 Å². The van der Waals surface area contributed by atoms with Crippen molar-refractivity contribution in [2.75, 3.05) is 32.4 Å². The molecule has 2 aromatic carbocycles. The Balaban J connectivity index is 1.69. The van der Waals surface area contributed by atoms with Crippen LogP contribution in [0.25, 0.3) is 6.08 Å². The first kappa shape index (κ1) is 23.9. The molecule has 1 aromatic heterocycles. The molecule has 8 nitrogen and oxygen atoms in total. The Morgan fingerprint density at radius 2 is 1.89 bits per heavy atom. The van der Waals surface area contributed by atoms with Gasteiger partial charge in [-0.1, -0.05) is 23.5 Å². The van der Waals surface area contributed by atoms with Crippen molar-refractivity contribution in [1.29, 1.82) is 0 Å². The number of anilines is 1. The fourth-order valence-corrected chi connectivity index (χ4v) is 5.46. The number of hydrogen-bond donors (Lipinski definition) is 0. The average molecular weight is 506 g/mol. The highest BCUT2D eigenvalue weighted by Gasteiger charge is 2.33. The van der Waals surface area contributed by atoms with Crippen molar-refractivity contribution in [2.45, 2.75) is 26.8 Å². The van der Waals surface area contributed by atoms with Gasteiger partial charge in [0.25, 0.3) is 5.56 Å². The number of hydrogen-bond acceptors (Lipinski definition) is 8. The first-order valence-electron chi connectivity index (χ1n) is 11.7. The van der Waals surface area contributed by atoms with Gasteiger partial charge in [0.15, 0.2) is 16.3 Å². The normalized spacial score (nSPS) is 16.6. The van der Waals surface area contributed by atoms with Crippen molar-refractivity contribution >= 4 is 29.1 Å². The number of aryl methyl sites for hydroxylation is 1. The minimum Gasteiger partial charge on any atom is -0.463 e. The van der Waals surface area contributed by atoms with Gasteiger partial charge in [-0.25, -0.2) is 9.79 Å². The predicted octanol–water partition coefficient (Wildman–Crippen LogP) is 2.90. The lowest BCUT2D eigenvalue weighted by Crippen LogP contribution is -2.40. The van der Waals surface area contributed by atoms with E-state index in [1.54, 1.807) is 18.4 Å². The van der Waals surface area contributed by atoms with E-state index in [-0.39, 0.29) is 19.0 Å². The van der Waals surface area contributed by atoms with E-state index in [1.807, 2.05) is 68.4 Å². The summed E-state index contributed by atoms with van der Waals surface area (Å²) in [6.45, 7) is 5.92. The Morgan fingerprint density at radius 1 is 1.19 bits per heavy atom. The Hall–Kier alpha value is -3.85. The van der Waals surface area contributed by atoms with E-state index in [0.717, 1.165) is 22.4 Å². The third kappa shape index (κ3) is 4.09. The van der Waals surface area contributed by atoms with E-state index in [4.69, 9.17) is 14.2 Å². The summed E-state index contributed by atoms with van der Waals surface area (Å²) in [5, 5.41) is 0. The van der Waals surface area contributed by atoms with E-state index in [2.05, 4.69) is 4.99 Å². The molecule has 3 aromatic rings. The van der Waals surface area contributed by atoms with Gasteiger partial charge in [-0.05, 0) is 67.8 Å². The summed E-state index contributed by atoms with van der Waals surface area (Å²) in [6.07, 6.45) is 1.84. The number of benzene rings is 2. The van der Waals surface area contributed by atoms with Crippen molar-refractivity contribution in [1.82, 2.24) is 4.57 Å². The number of esters is 1. The second kappa shape index (κ2) is 9.31. The zero-order valence-corrected chi connectivity index (χ0v) is 21.6. The van der Waals surface area contributed by atoms with Gasteiger partial charge in [-0.2, -0.15) is 0 Å². The van der Waals surface area contributed by atoms with E-state index < -0.39 is 12.0 Å². The summed E-state index contributed by atoms with van der Waals surface area (Å²) in [7, 11) is 3.93. The van der Waals surface area contributed by atoms with Gasteiger partial charge in [0.1, 0.15) is 0 Å². The maximum absolute atomic E-state index is 13.8. The molecular formula is C27H27N3O5S. The Labute approximate surface area is 212 Å². The molecule has 2 aliphatic heterocycles. The molecule has 0 radical (unpaired) electrons. The van der Waals surface area contributed by atoms with Gasteiger partial charge in [-0.3, -0.25) is 9.36 Å². The highest BCUT2D eigenvalue weighted by molar-refractivity contribution is 7.07. The second-order valence-corrected chi connectivity index (χ2v) is 9.86. The summed E-state index contributed by atoms with van der Waals surface area (Å²) in [6, 6.07) is 11.0. The number of nitrogens with zero attached hydrogens (tertiary/aromatic N) is 3. The molecule has 0 saturated carbocycles. The van der Waals surface area contributed by atoms with Gasteiger partial charge >= 0.3 is 5.97 Å². The smallest absolute Gasteiger partial charge is 0.338 e. The third-order valence-electron chi connectivity index (χ3n) is 6.29. The van der Waals surface area contributed by atoms with Gasteiger partial charge in [-0.15, -0.1) is 0 Å². The lowest BCUT2D eigenvalue weighted by molar-refractivity contribution is -0.139. The van der Waals surface area contributed by atoms with Crippen LogP contribution >= 0.6 is 11.3 Å². The minimum absolute atomic E-state index is 0.183. The summed E-state index contributed by atoms with van der Waals surface area (Å²) in [4.78, 5) is 34.0. The molecule has 5 rings (SSSR count). The Morgan fingerprint density at radius 3 is 2.56 bits per heavy atom. The number of thiazole rings is 1.